The van der Waals surface area contributed by atoms with Crippen molar-refractivity contribution >= 4 is 43.8 Å². The van der Waals surface area contributed by atoms with Crippen LogP contribution in [0.3, 0.4) is 0 Å². The van der Waals surface area contributed by atoms with E-state index in [1.807, 2.05) is 0 Å². The lowest BCUT2D eigenvalue weighted by Crippen LogP contribution is -1.96. The molecular formula is C24H28Br2O4. The molecule has 2 atom stereocenters. The first-order chi connectivity index (χ1) is 14.4. The predicted molar refractivity (Wildman–Crippen MR) is 127 cm³/mol. The summed E-state index contributed by atoms with van der Waals surface area (Å²) in [4.78, 5) is 21.7. The molecule has 0 fully saturated rings. The van der Waals surface area contributed by atoms with Crippen LogP contribution in [0.5, 0.6) is 0 Å². The molecule has 0 bridgehead atoms. The van der Waals surface area contributed by atoms with Crippen LogP contribution in [-0.4, -0.2) is 22.2 Å². The zero-order chi connectivity index (χ0) is 21.9. The highest BCUT2D eigenvalue weighted by atomic mass is 79.9. The van der Waals surface area contributed by atoms with Gasteiger partial charge in [-0.3, -0.25) is 9.59 Å². The Hall–Kier alpha value is -1.66. The minimum atomic E-state index is -0.735. The van der Waals surface area contributed by atoms with Gasteiger partial charge in [0.05, 0.1) is 0 Å². The number of unbranched alkanes of at least 4 members (excludes halogenated alkanes) is 2. The third-order valence-electron chi connectivity index (χ3n) is 5.07. The van der Waals surface area contributed by atoms with Crippen molar-refractivity contribution in [3.63, 3.8) is 0 Å². The summed E-state index contributed by atoms with van der Waals surface area (Å²) in [5.74, 6) is -1.47. The number of hydrogen-bond acceptors (Lipinski definition) is 2. The van der Waals surface area contributed by atoms with Gasteiger partial charge in [-0.05, 0) is 47.9 Å². The summed E-state index contributed by atoms with van der Waals surface area (Å²) in [5.41, 5.74) is 4.71. The molecule has 2 N–H and O–H groups in total. The molecule has 0 aromatic heterocycles. The molecule has 0 aliphatic rings. The Morgan fingerprint density at radius 3 is 1.27 bits per heavy atom. The van der Waals surface area contributed by atoms with Crippen LogP contribution in [0.1, 0.15) is 72.1 Å². The van der Waals surface area contributed by atoms with E-state index in [1.165, 1.54) is 11.1 Å². The van der Waals surface area contributed by atoms with Crippen molar-refractivity contribution in [2.75, 3.05) is 0 Å². The van der Waals surface area contributed by atoms with E-state index in [4.69, 9.17) is 10.2 Å². The van der Waals surface area contributed by atoms with Crippen molar-refractivity contribution in [3.8, 4) is 11.1 Å². The molecule has 2 unspecified atom stereocenters. The Morgan fingerprint density at radius 2 is 0.967 bits per heavy atom. The van der Waals surface area contributed by atoms with Crippen LogP contribution in [0.15, 0.2) is 48.5 Å². The largest absolute Gasteiger partial charge is 0.481 e. The molecule has 0 radical (unpaired) electrons. The van der Waals surface area contributed by atoms with Gasteiger partial charge in [-0.1, -0.05) is 93.2 Å². The van der Waals surface area contributed by atoms with Crippen molar-refractivity contribution in [1.82, 2.24) is 0 Å². The summed E-state index contributed by atoms with van der Waals surface area (Å²) in [6.07, 6.45) is 5.47. The lowest BCUT2D eigenvalue weighted by molar-refractivity contribution is -0.138. The van der Waals surface area contributed by atoms with Gasteiger partial charge in [-0.25, -0.2) is 0 Å². The average Bonchev–Trinajstić information content (AvgIpc) is 2.74. The smallest absolute Gasteiger partial charge is 0.303 e. The third kappa shape index (κ3) is 8.60. The van der Waals surface area contributed by atoms with E-state index in [2.05, 4.69) is 80.4 Å². The molecular weight excluding hydrogens is 512 g/mol. The molecule has 4 nitrogen and oxygen atoms in total. The number of carboxylic acid groups (broad SMARTS) is 2. The maximum absolute atomic E-state index is 10.6. The van der Waals surface area contributed by atoms with Crippen molar-refractivity contribution in [2.24, 2.45) is 0 Å². The van der Waals surface area contributed by atoms with E-state index < -0.39 is 11.9 Å². The Labute approximate surface area is 195 Å². The summed E-state index contributed by atoms with van der Waals surface area (Å²) < 4.78 is 0. The van der Waals surface area contributed by atoms with E-state index in [9.17, 15) is 9.59 Å². The van der Waals surface area contributed by atoms with Gasteiger partial charge in [0.25, 0.3) is 0 Å². The van der Waals surface area contributed by atoms with Crippen molar-refractivity contribution < 1.29 is 19.8 Å². The molecule has 0 saturated carbocycles. The van der Waals surface area contributed by atoms with Gasteiger partial charge < -0.3 is 10.2 Å². The maximum Gasteiger partial charge on any atom is 0.303 e. The van der Waals surface area contributed by atoms with Gasteiger partial charge in [0.15, 0.2) is 0 Å². The fourth-order valence-corrected chi connectivity index (χ4v) is 4.56. The van der Waals surface area contributed by atoms with Gasteiger partial charge in [-0.15, -0.1) is 0 Å². The Kier molecular flexibility index (Phi) is 10.6. The second kappa shape index (κ2) is 12.9. The van der Waals surface area contributed by atoms with E-state index in [1.54, 1.807) is 0 Å². The van der Waals surface area contributed by atoms with Gasteiger partial charge in [0, 0.05) is 22.5 Å². The van der Waals surface area contributed by atoms with Crippen LogP contribution in [-0.2, 0) is 9.59 Å². The molecule has 162 valence electrons. The molecule has 2 rings (SSSR count). The molecule has 0 spiro atoms. The first-order valence-electron chi connectivity index (χ1n) is 10.3. The SMILES string of the molecule is O=C(O)CCCCC(Br)c1ccc(-c2ccc(C(Br)CCCCC(=O)O)cc2)cc1. The lowest BCUT2D eigenvalue weighted by atomic mass is 9.99. The zero-order valence-electron chi connectivity index (χ0n) is 16.9. The standard InChI is InChI=1S/C24H28Br2O4/c25-21(5-1-3-7-23(27)28)19-13-9-17(10-14-19)18-11-15-20(16-12-18)22(26)6-2-4-8-24(29)30/h9-16,21-22H,1-8H2,(H,27,28)(H,29,30). The fourth-order valence-electron chi connectivity index (χ4n) is 3.30. The van der Waals surface area contributed by atoms with Crippen molar-refractivity contribution in [2.45, 2.75) is 61.0 Å². The van der Waals surface area contributed by atoms with Crippen molar-refractivity contribution in [3.05, 3.63) is 59.7 Å². The molecule has 6 heteroatoms. The molecule has 0 aliphatic heterocycles. The minimum Gasteiger partial charge on any atom is -0.481 e. The monoisotopic (exact) mass is 538 g/mol. The van der Waals surface area contributed by atoms with E-state index >= 15 is 0 Å². The molecule has 0 heterocycles. The summed E-state index contributed by atoms with van der Waals surface area (Å²) in [7, 11) is 0. The number of rotatable bonds is 13. The van der Waals surface area contributed by atoms with Gasteiger partial charge >= 0.3 is 11.9 Å². The topological polar surface area (TPSA) is 74.6 Å². The second-order valence-corrected chi connectivity index (χ2v) is 9.67. The molecule has 0 amide bonds. The normalized spacial score (nSPS) is 13.0. The molecule has 2 aromatic rings. The third-order valence-corrected chi connectivity index (χ3v) is 7.05. The Bertz CT molecular complexity index is 733. The summed E-state index contributed by atoms with van der Waals surface area (Å²) in [5, 5.41) is 17.4. The number of carbonyl (C=O) groups is 2. The Morgan fingerprint density at radius 1 is 0.633 bits per heavy atom. The van der Waals surface area contributed by atoms with E-state index in [-0.39, 0.29) is 22.5 Å². The van der Waals surface area contributed by atoms with E-state index in [0.717, 1.165) is 36.8 Å². The highest BCUT2D eigenvalue weighted by molar-refractivity contribution is 9.09. The summed E-state index contributed by atoms with van der Waals surface area (Å²) in [6.45, 7) is 0. The molecule has 0 saturated heterocycles. The number of hydrogen-bond donors (Lipinski definition) is 2. The lowest BCUT2D eigenvalue weighted by Gasteiger charge is -2.12. The highest BCUT2D eigenvalue weighted by Crippen LogP contribution is 2.32. The first kappa shape index (κ1) is 24.6. The van der Waals surface area contributed by atoms with Crippen LogP contribution < -0.4 is 0 Å². The maximum atomic E-state index is 10.6. The number of carboxylic acids is 2. The second-order valence-electron chi connectivity index (χ2n) is 7.46. The first-order valence-corrected chi connectivity index (χ1v) is 12.1. The van der Waals surface area contributed by atoms with Crippen LogP contribution >= 0.6 is 31.9 Å². The zero-order valence-corrected chi connectivity index (χ0v) is 20.1. The highest BCUT2D eigenvalue weighted by Gasteiger charge is 2.10. The average molecular weight is 540 g/mol. The summed E-state index contributed by atoms with van der Waals surface area (Å²) in [6, 6.07) is 17.0. The molecule has 0 aliphatic carbocycles. The number of benzene rings is 2. The molecule has 2 aromatic carbocycles. The van der Waals surface area contributed by atoms with Crippen LogP contribution in [0.4, 0.5) is 0 Å². The summed E-state index contributed by atoms with van der Waals surface area (Å²) >= 11 is 7.42. The Balaban J connectivity index is 1.87. The number of halogens is 2. The quantitative estimate of drug-likeness (QED) is 0.204. The van der Waals surface area contributed by atoms with Gasteiger partial charge in [0.1, 0.15) is 0 Å². The number of aliphatic carboxylic acids is 2. The fraction of sp³-hybridized carbons (Fsp3) is 0.417. The molecule has 30 heavy (non-hydrogen) atoms. The van der Waals surface area contributed by atoms with E-state index in [0.29, 0.717) is 12.8 Å². The van der Waals surface area contributed by atoms with Crippen LogP contribution in [0.25, 0.3) is 11.1 Å². The van der Waals surface area contributed by atoms with Gasteiger partial charge in [-0.2, -0.15) is 0 Å². The number of alkyl halides is 2. The van der Waals surface area contributed by atoms with Crippen LogP contribution in [0, 0.1) is 0 Å². The van der Waals surface area contributed by atoms with Crippen LogP contribution in [0.2, 0.25) is 0 Å². The van der Waals surface area contributed by atoms with Gasteiger partial charge in [0.2, 0.25) is 0 Å². The van der Waals surface area contributed by atoms with Crippen molar-refractivity contribution in [1.29, 1.82) is 0 Å². The minimum absolute atomic E-state index is 0.228. The predicted octanol–water partition coefficient (Wildman–Crippen LogP) is 7.52.